The van der Waals surface area contributed by atoms with Crippen LogP contribution in [0.5, 0.6) is 5.75 Å². The number of benzene rings is 1. The molecule has 0 spiro atoms. The number of amides is 3. The Morgan fingerprint density at radius 1 is 1.41 bits per heavy atom. The van der Waals surface area contributed by atoms with E-state index in [-0.39, 0.29) is 6.61 Å². The van der Waals surface area contributed by atoms with Gasteiger partial charge in [-0.2, -0.15) is 0 Å². The number of imide groups is 1. The lowest BCUT2D eigenvalue weighted by atomic mass is 10.2. The monoisotopic (exact) mass is 256 g/mol. The fourth-order valence-corrected chi connectivity index (χ4v) is 1.26. The molecule has 0 aliphatic rings. The zero-order valence-corrected chi connectivity index (χ0v) is 10.3. The zero-order valence-electron chi connectivity index (χ0n) is 9.54. The molecule has 17 heavy (non-hydrogen) atoms. The number of halogens is 1. The van der Waals surface area contributed by atoms with Gasteiger partial charge in [-0.05, 0) is 24.6 Å². The summed E-state index contributed by atoms with van der Waals surface area (Å²) in [5, 5.41) is 4.76. The minimum absolute atomic E-state index is 0.267. The molecule has 0 fully saturated rings. The topological polar surface area (TPSA) is 67.4 Å². The summed E-state index contributed by atoms with van der Waals surface area (Å²) in [5.41, 5.74) is 0.969. The number of ether oxygens (including phenoxy) is 1. The third kappa shape index (κ3) is 4.32. The van der Waals surface area contributed by atoms with Crippen molar-refractivity contribution in [3.05, 3.63) is 28.8 Å². The second-order valence-corrected chi connectivity index (χ2v) is 3.76. The molecule has 6 heteroatoms. The molecule has 0 bridgehead atoms. The molecule has 3 amide bonds. The first kappa shape index (κ1) is 13.3. The van der Waals surface area contributed by atoms with E-state index >= 15 is 0 Å². The Balaban J connectivity index is 2.53. The Kier molecular flexibility index (Phi) is 4.78. The van der Waals surface area contributed by atoms with Crippen LogP contribution in [0, 0.1) is 6.92 Å². The molecular weight excluding hydrogens is 244 g/mol. The van der Waals surface area contributed by atoms with Crippen molar-refractivity contribution in [3.8, 4) is 5.75 Å². The predicted octanol–water partition coefficient (Wildman–Crippen LogP) is 1.48. The number of hydrogen-bond donors (Lipinski definition) is 2. The summed E-state index contributed by atoms with van der Waals surface area (Å²) >= 11 is 5.88. The first-order valence-electron chi connectivity index (χ1n) is 4.93. The Labute approximate surface area is 104 Å². The summed E-state index contributed by atoms with van der Waals surface area (Å²) in [4.78, 5) is 22.1. The third-order valence-corrected chi connectivity index (χ3v) is 2.24. The van der Waals surface area contributed by atoms with Crippen LogP contribution >= 0.6 is 11.6 Å². The summed E-state index contributed by atoms with van der Waals surface area (Å²) < 4.78 is 5.20. The van der Waals surface area contributed by atoms with E-state index in [0.29, 0.717) is 10.8 Å². The van der Waals surface area contributed by atoms with Crippen molar-refractivity contribution in [2.24, 2.45) is 0 Å². The van der Waals surface area contributed by atoms with Gasteiger partial charge in [-0.15, -0.1) is 0 Å². The molecule has 0 unspecified atom stereocenters. The smallest absolute Gasteiger partial charge is 0.321 e. The van der Waals surface area contributed by atoms with E-state index in [1.165, 1.54) is 7.05 Å². The van der Waals surface area contributed by atoms with E-state index in [1.807, 2.05) is 13.0 Å². The Bertz CT molecular complexity index is 435. The van der Waals surface area contributed by atoms with Gasteiger partial charge in [0.05, 0.1) is 5.02 Å². The van der Waals surface area contributed by atoms with Crippen LogP contribution in [-0.4, -0.2) is 25.6 Å². The lowest BCUT2D eigenvalue weighted by molar-refractivity contribution is -0.121. The van der Waals surface area contributed by atoms with Crippen LogP contribution < -0.4 is 15.4 Å². The van der Waals surface area contributed by atoms with Gasteiger partial charge in [0.15, 0.2) is 6.61 Å². The quantitative estimate of drug-likeness (QED) is 0.861. The van der Waals surface area contributed by atoms with Gasteiger partial charge in [0.1, 0.15) is 5.75 Å². The predicted molar refractivity (Wildman–Crippen MR) is 64.3 cm³/mol. The highest BCUT2D eigenvalue weighted by Gasteiger charge is 2.08. The number of urea groups is 1. The number of carbonyl (C=O) groups excluding carboxylic acids is 2. The van der Waals surface area contributed by atoms with Crippen LogP contribution in [0.3, 0.4) is 0 Å². The van der Waals surface area contributed by atoms with Crippen molar-refractivity contribution in [3.63, 3.8) is 0 Å². The van der Waals surface area contributed by atoms with E-state index in [0.717, 1.165) is 5.56 Å². The minimum Gasteiger partial charge on any atom is -0.482 e. The molecule has 2 N–H and O–H groups in total. The molecule has 0 saturated carbocycles. The number of aryl methyl sites for hydroxylation is 1. The number of rotatable bonds is 3. The lowest BCUT2D eigenvalue weighted by Crippen LogP contribution is -2.39. The molecule has 0 aliphatic heterocycles. The fourth-order valence-electron chi connectivity index (χ4n) is 1.09. The molecule has 0 saturated heterocycles. The fraction of sp³-hybridized carbons (Fsp3) is 0.273. The van der Waals surface area contributed by atoms with Crippen LogP contribution in [0.1, 0.15) is 5.56 Å². The first-order valence-corrected chi connectivity index (χ1v) is 5.31. The largest absolute Gasteiger partial charge is 0.482 e. The van der Waals surface area contributed by atoms with Crippen LogP contribution in [0.15, 0.2) is 18.2 Å². The maximum atomic E-state index is 11.2. The van der Waals surface area contributed by atoms with Crippen molar-refractivity contribution >= 4 is 23.5 Å². The van der Waals surface area contributed by atoms with E-state index in [1.54, 1.807) is 12.1 Å². The zero-order chi connectivity index (χ0) is 12.8. The van der Waals surface area contributed by atoms with Crippen LogP contribution in [-0.2, 0) is 4.79 Å². The van der Waals surface area contributed by atoms with Crippen molar-refractivity contribution < 1.29 is 14.3 Å². The third-order valence-electron chi connectivity index (χ3n) is 1.93. The first-order chi connectivity index (χ1) is 8.02. The van der Waals surface area contributed by atoms with Gasteiger partial charge in [-0.1, -0.05) is 17.7 Å². The van der Waals surface area contributed by atoms with Gasteiger partial charge in [0, 0.05) is 7.05 Å². The van der Waals surface area contributed by atoms with Gasteiger partial charge < -0.3 is 10.1 Å². The molecule has 0 aromatic heterocycles. The normalized spacial score (nSPS) is 9.59. The van der Waals surface area contributed by atoms with Gasteiger partial charge in [-0.3, -0.25) is 10.1 Å². The van der Waals surface area contributed by atoms with E-state index < -0.39 is 11.9 Å². The standard InChI is InChI=1S/C11H13ClN2O3/c1-7-3-4-8(12)9(5-7)17-6-10(15)14-11(16)13-2/h3-5H,6H2,1-2H3,(H2,13,14,15,16). The molecule has 0 radical (unpaired) electrons. The van der Waals surface area contributed by atoms with Gasteiger partial charge in [0.25, 0.3) is 5.91 Å². The van der Waals surface area contributed by atoms with Gasteiger partial charge in [0.2, 0.25) is 0 Å². The summed E-state index contributed by atoms with van der Waals surface area (Å²) in [6.45, 7) is 1.62. The van der Waals surface area contributed by atoms with Crippen LogP contribution in [0.4, 0.5) is 4.79 Å². The minimum atomic E-state index is -0.575. The average molecular weight is 257 g/mol. The number of nitrogens with one attached hydrogen (secondary N) is 2. The summed E-state index contributed by atoms with van der Waals surface area (Å²) in [6, 6.07) is 4.66. The lowest BCUT2D eigenvalue weighted by Gasteiger charge is -2.08. The average Bonchev–Trinajstić information content (AvgIpc) is 2.30. The molecule has 0 aliphatic carbocycles. The van der Waals surface area contributed by atoms with Crippen LogP contribution in [0.25, 0.3) is 0 Å². The maximum absolute atomic E-state index is 11.2. The maximum Gasteiger partial charge on any atom is 0.321 e. The SMILES string of the molecule is CNC(=O)NC(=O)COc1cc(C)ccc1Cl. The Hall–Kier alpha value is -1.75. The van der Waals surface area contributed by atoms with Crippen LogP contribution in [0.2, 0.25) is 5.02 Å². The van der Waals surface area contributed by atoms with E-state index in [2.05, 4.69) is 10.6 Å². The molecule has 5 nitrogen and oxygen atoms in total. The van der Waals surface area contributed by atoms with Crippen molar-refractivity contribution in [1.29, 1.82) is 0 Å². The highest BCUT2D eigenvalue weighted by molar-refractivity contribution is 6.32. The van der Waals surface area contributed by atoms with Gasteiger partial charge in [-0.25, -0.2) is 4.79 Å². The second kappa shape index (κ2) is 6.10. The summed E-state index contributed by atoms with van der Waals surface area (Å²) in [7, 11) is 1.42. The molecule has 0 heterocycles. The Morgan fingerprint density at radius 2 is 2.12 bits per heavy atom. The molecule has 0 atom stereocenters. The van der Waals surface area contributed by atoms with E-state index in [9.17, 15) is 9.59 Å². The van der Waals surface area contributed by atoms with Gasteiger partial charge >= 0.3 is 6.03 Å². The Morgan fingerprint density at radius 3 is 2.76 bits per heavy atom. The summed E-state index contributed by atoms with van der Waals surface area (Å²) in [6.07, 6.45) is 0. The molecule has 1 aromatic carbocycles. The highest BCUT2D eigenvalue weighted by Crippen LogP contribution is 2.24. The molecule has 1 aromatic rings. The van der Waals surface area contributed by atoms with Crippen molar-refractivity contribution in [1.82, 2.24) is 10.6 Å². The molecule has 92 valence electrons. The highest BCUT2D eigenvalue weighted by atomic mass is 35.5. The number of hydrogen-bond acceptors (Lipinski definition) is 3. The second-order valence-electron chi connectivity index (χ2n) is 3.35. The number of carbonyl (C=O) groups is 2. The van der Waals surface area contributed by atoms with Crippen molar-refractivity contribution in [2.75, 3.05) is 13.7 Å². The summed E-state index contributed by atoms with van der Waals surface area (Å²) in [5.74, 6) is -0.124. The van der Waals surface area contributed by atoms with E-state index in [4.69, 9.17) is 16.3 Å². The van der Waals surface area contributed by atoms with Crippen molar-refractivity contribution in [2.45, 2.75) is 6.92 Å². The molecular formula is C11H13ClN2O3. The molecule has 1 rings (SSSR count).